The van der Waals surface area contributed by atoms with Gasteiger partial charge in [-0.05, 0) is 38.3 Å². The Bertz CT molecular complexity index is 911. The Morgan fingerprint density at radius 3 is 3.04 bits per heavy atom. The zero-order chi connectivity index (χ0) is 17.4. The maximum atomic E-state index is 12.7. The molecule has 0 bridgehead atoms. The van der Waals surface area contributed by atoms with Gasteiger partial charge in [-0.1, -0.05) is 23.4 Å². The number of aryl methyl sites for hydroxylation is 2. The number of aromatic nitrogens is 3. The van der Waals surface area contributed by atoms with Gasteiger partial charge in [0.1, 0.15) is 0 Å². The van der Waals surface area contributed by atoms with Crippen LogP contribution in [0.15, 0.2) is 28.8 Å². The van der Waals surface area contributed by atoms with E-state index in [2.05, 4.69) is 40.2 Å². The number of carbonyl (C=O) groups is 1. The van der Waals surface area contributed by atoms with Crippen LogP contribution in [0.2, 0.25) is 0 Å². The Morgan fingerprint density at radius 1 is 1.40 bits per heavy atom. The number of nitrogens with one attached hydrogen (secondary N) is 1. The summed E-state index contributed by atoms with van der Waals surface area (Å²) in [6.07, 6.45) is 2.77. The predicted molar refractivity (Wildman–Crippen MR) is 94.1 cm³/mol. The van der Waals surface area contributed by atoms with Crippen molar-refractivity contribution in [3.8, 4) is 0 Å². The summed E-state index contributed by atoms with van der Waals surface area (Å²) >= 11 is 0. The monoisotopic (exact) mass is 338 g/mol. The Kier molecular flexibility index (Phi) is 4.03. The third kappa shape index (κ3) is 2.92. The SMILES string of the molecule is Cc1noc(CCCC(=O)N2CCc3c([nH]c4ccccc34)[C@H]2C)n1. The summed E-state index contributed by atoms with van der Waals surface area (Å²) in [6, 6.07) is 8.43. The summed E-state index contributed by atoms with van der Waals surface area (Å²) in [5.41, 5.74) is 3.68. The average Bonchev–Trinajstić information content (AvgIpc) is 3.19. The Balaban J connectivity index is 1.43. The van der Waals surface area contributed by atoms with Crippen molar-refractivity contribution in [2.24, 2.45) is 0 Å². The standard InChI is InChI=1S/C19H22N4O2/c1-12-19-15(14-6-3-4-7-16(14)21-19)10-11-23(12)18(24)9-5-8-17-20-13(2)22-25-17/h3-4,6-7,12,21H,5,8-11H2,1-2H3/t12-/m1/s1. The van der Waals surface area contributed by atoms with Gasteiger partial charge < -0.3 is 14.4 Å². The first-order chi connectivity index (χ1) is 12.1. The molecule has 2 aromatic heterocycles. The van der Waals surface area contributed by atoms with Gasteiger partial charge >= 0.3 is 0 Å². The second-order valence-electron chi connectivity index (χ2n) is 6.66. The minimum atomic E-state index is 0.0781. The molecule has 6 heteroatoms. The van der Waals surface area contributed by atoms with Gasteiger partial charge in [0.15, 0.2) is 5.82 Å². The van der Waals surface area contributed by atoms with Crippen molar-refractivity contribution in [3.05, 3.63) is 47.2 Å². The highest BCUT2D eigenvalue weighted by Gasteiger charge is 2.29. The molecule has 1 N–H and O–H groups in total. The topological polar surface area (TPSA) is 75.0 Å². The van der Waals surface area contributed by atoms with Crippen LogP contribution in [0.25, 0.3) is 10.9 Å². The molecular weight excluding hydrogens is 316 g/mol. The zero-order valence-corrected chi connectivity index (χ0v) is 14.6. The summed E-state index contributed by atoms with van der Waals surface area (Å²) in [5, 5.41) is 5.06. The summed E-state index contributed by atoms with van der Waals surface area (Å²) in [7, 11) is 0. The number of fused-ring (bicyclic) bond motifs is 3. The highest BCUT2D eigenvalue weighted by atomic mass is 16.5. The molecule has 0 saturated carbocycles. The lowest BCUT2D eigenvalue weighted by molar-refractivity contribution is -0.133. The van der Waals surface area contributed by atoms with E-state index in [-0.39, 0.29) is 11.9 Å². The van der Waals surface area contributed by atoms with Gasteiger partial charge in [0, 0.05) is 36.0 Å². The second-order valence-corrected chi connectivity index (χ2v) is 6.66. The molecular formula is C19H22N4O2. The van der Waals surface area contributed by atoms with E-state index in [0.717, 1.165) is 24.9 Å². The molecule has 1 aromatic carbocycles. The lowest BCUT2D eigenvalue weighted by atomic mass is 9.97. The fourth-order valence-corrected chi connectivity index (χ4v) is 3.75. The van der Waals surface area contributed by atoms with Crippen LogP contribution in [-0.4, -0.2) is 32.5 Å². The minimum absolute atomic E-state index is 0.0781. The highest BCUT2D eigenvalue weighted by molar-refractivity contribution is 5.86. The summed E-state index contributed by atoms with van der Waals surface area (Å²) in [5.74, 6) is 1.43. The maximum absolute atomic E-state index is 12.7. The van der Waals surface area contributed by atoms with Gasteiger partial charge in [-0.15, -0.1) is 0 Å². The molecule has 0 saturated heterocycles. The van der Waals surface area contributed by atoms with Crippen molar-refractivity contribution < 1.29 is 9.32 Å². The second kappa shape index (κ2) is 6.35. The van der Waals surface area contributed by atoms with E-state index in [1.807, 2.05) is 11.0 Å². The minimum Gasteiger partial charge on any atom is -0.356 e. The first kappa shape index (κ1) is 15.9. The summed E-state index contributed by atoms with van der Waals surface area (Å²) in [4.78, 5) is 22.3. The van der Waals surface area contributed by atoms with E-state index in [9.17, 15) is 4.79 Å². The first-order valence-electron chi connectivity index (χ1n) is 8.81. The molecule has 0 radical (unpaired) electrons. The van der Waals surface area contributed by atoms with Crippen molar-refractivity contribution in [2.75, 3.05) is 6.54 Å². The number of rotatable bonds is 4. The Labute approximate surface area is 146 Å². The first-order valence-corrected chi connectivity index (χ1v) is 8.81. The smallest absolute Gasteiger partial charge is 0.226 e. The van der Waals surface area contributed by atoms with Gasteiger partial charge in [0.2, 0.25) is 11.8 Å². The average molecular weight is 338 g/mol. The number of carbonyl (C=O) groups excluding carboxylic acids is 1. The maximum Gasteiger partial charge on any atom is 0.226 e. The molecule has 130 valence electrons. The van der Waals surface area contributed by atoms with Crippen molar-refractivity contribution in [1.82, 2.24) is 20.0 Å². The van der Waals surface area contributed by atoms with Gasteiger partial charge in [-0.25, -0.2) is 0 Å². The molecule has 1 aliphatic rings. The number of para-hydroxylation sites is 1. The largest absolute Gasteiger partial charge is 0.356 e. The van der Waals surface area contributed by atoms with Crippen LogP contribution >= 0.6 is 0 Å². The van der Waals surface area contributed by atoms with Crippen LogP contribution in [0.5, 0.6) is 0 Å². The molecule has 6 nitrogen and oxygen atoms in total. The van der Waals surface area contributed by atoms with Crippen LogP contribution in [0.4, 0.5) is 0 Å². The highest BCUT2D eigenvalue weighted by Crippen LogP contribution is 2.34. The molecule has 0 aliphatic carbocycles. The normalized spacial score (nSPS) is 17.0. The lowest BCUT2D eigenvalue weighted by Crippen LogP contribution is -2.38. The van der Waals surface area contributed by atoms with Crippen LogP contribution in [-0.2, 0) is 17.6 Å². The number of amides is 1. The molecule has 1 aliphatic heterocycles. The van der Waals surface area contributed by atoms with Gasteiger partial charge in [-0.2, -0.15) is 4.98 Å². The number of aromatic amines is 1. The van der Waals surface area contributed by atoms with Crippen LogP contribution < -0.4 is 0 Å². The Hall–Kier alpha value is -2.63. The third-order valence-corrected chi connectivity index (χ3v) is 5.01. The van der Waals surface area contributed by atoms with Gasteiger partial charge in [-0.3, -0.25) is 4.79 Å². The van der Waals surface area contributed by atoms with Crippen molar-refractivity contribution >= 4 is 16.8 Å². The number of nitrogens with zero attached hydrogens (tertiary/aromatic N) is 3. The van der Waals surface area contributed by atoms with E-state index >= 15 is 0 Å². The lowest BCUT2D eigenvalue weighted by Gasteiger charge is -2.33. The van der Waals surface area contributed by atoms with Crippen molar-refractivity contribution in [3.63, 3.8) is 0 Å². The van der Waals surface area contributed by atoms with E-state index in [1.54, 1.807) is 6.92 Å². The molecule has 1 amide bonds. The molecule has 0 spiro atoms. The number of hydrogen-bond donors (Lipinski definition) is 1. The summed E-state index contributed by atoms with van der Waals surface area (Å²) < 4.78 is 5.10. The molecule has 3 heterocycles. The van der Waals surface area contributed by atoms with Gasteiger partial charge in [0.25, 0.3) is 0 Å². The predicted octanol–water partition coefficient (Wildman–Crippen LogP) is 3.33. The van der Waals surface area contributed by atoms with Crippen LogP contribution in [0.3, 0.4) is 0 Å². The fraction of sp³-hybridized carbons (Fsp3) is 0.421. The molecule has 4 rings (SSSR count). The van der Waals surface area contributed by atoms with Crippen molar-refractivity contribution in [1.29, 1.82) is 0 Å². The summed E-state index contributed by atoms with van der Waals surface area (Å²) in [6.45, 7) is 4.67. The van der Waals surface area contributed by atoms with Crippen LogP contribution in [0, 0.1) is 6.92 Å². The van der Waals surface area contributed by atoms with Crippen molar-refractivity contribution in [2.45, 2.75) is 45.6 Å². The number of benzene rings is 1. The molecule has 0 unspecified atom stereocenters. The third-order valence-electron chi connectivity index (χ3n) is 5.01. The number of hydrogen-bond acceptors (Lipinski definition) is 4. The number of H-pyrrole nitrogens is 1. The van der Waals surface area contributed by atoms with E-state index in [1.165, 1.54) is 16.6 Å². The molecule has 0 fully saturated rings. The van der Waals surface area contributed by atoms with E-state index < -0.39 is 0 Å². The Morgan fingerprint density at radius 2 is 2.24 bits per heavy atom. The molecule has 1 atom stereocenters. The molecule has 3 aromatic rings. The molecule has 25 heavy (non-hydrogen) atoms. The fourth-order valence-electron chi connectivity index (χ4n) is 3.75. The van der Waals surface area contributed by atoms with Gasteiger partial charge in [0.05, 0.1) is 6.04 Å². The quantitative estimate of drug-likeness (QED) is 0.792. The van der Waals surface area contributed by atoms with Crippen LogP contribution in [0.1, 0.15) is 48.8 Å². The van der Waals surface area contributed by atoms with E-state index in [0.29, 0.717) is 24.6 Å². The zero-order valence-electron chi connectivity index (χ0n) is 14.6. The van der Waals surface area contributed by atoms with E-state index in [4.69, 9.17) is 4.52 Å².